The summed E-state index contributed by atoms with van der Waals surface area (Å²) in [4.78, 5) is 0.660. The van der Waals surface area contributed by atoms with Crippen molar-refractivity contribution in [2.75, 3.05) is 4.90 Å². The fourth-order valence-electron chi connectivity index (χ4n) is 5.70. The highest BCUT2D eigenvalue weighted by atomic mass is 32.1. The highest BCUT2D eigenvalue weighted by molar-refractivity contribution is 7.26. The van der Waals surface area contributed by atoms with Gasteiger partial charge in [0.15, 0.2) is 0 Å². The van der Waals surface area contributed by atoms with Crippen molar-refractivity contribution < 1.29 is 37.3 Å². The molecule has 3 heteroatoms. The molecule has 0 spiro atoms. The molecule has 49 heavy (non-hydrogen) atoms. The summed E-state index contributed by atoms with van der Waals surface area (Å²) in [7, 11) is 0. The molecule has 0 atom stereocenters. The van der Waals surface area contributed by atoms with Crippen LogP contribution in [-0.4, -0.2) is 0 Å². The molecule has 0 N–H and O–H groups in total. The molecule has 0 aliphatic heterocycles. The first kappa shape index (κ1) is 13.0. The van der Waals surface area contributed by atoms with E-state index in [1.807, 2.05) is 0 Å². The van der Waals surface area contributed by atoms with Crippen LogP contribution in [0, 0.1) is 0 Å². The van der Waals surface area contributed by atoms with Crippen molar-refractivity contribution in [1.29, 1.82) is 0 Å². The number of hydrogen-bond donors (Lipinski definition) is 0. The number of rotatable bonds is 5. The molecule has 10 rings (SSSR count). The van der Waals surface area contributed by atoms with E-state index in [0.29, 0.717) is 16.2 Å². The first-order valence-electron chi connectivity index (χ1n) is 26.6. The van der Waals surface area contributed by atoms with E-state index in [1.54, 1.807) is 18.2 Å². The summed E-state index contributed by atoms with van der Waals surface area (Å²) in [5, 5.41) is -2.39. The van der Waals surface area contributed by atoms with Crippen molar-refractivity contribution in [3.05, 3.63) is 175 Å². The Morgan fingerprint density at radius 3 is 2.20 bits per heavy atom. The Morgan fingerprint density at radius 1 is 0.531 bits per heavy atom. The third kappa shape index (κ3) is 4.55. The van der Waals surface area contributed by atoms with Gasteiger partial charge < -0.3 is 9.32 Å². The first-order valence-corrected chi connectivity index (χ1v) is 15.5. The van der Waals surface area contributed by atoms with Crippen molar-refractivity contribution in [3.63, 3.8) is 0 Å². The van der Waals surface area contributed by atoms with E-state index in [0.717, 1.165) is 0 Å². The Hall–Kier alpha value is -6.16. The Morgan fingerprint density at radius 2 is 1.31 bits per heavy atom. The van der Waals surface area contributed by atoms with Gasteiger partial charge >= 0.3 is 0 Å². The molecule has 0 bridgehead atoms. The normalized spacial score (nSPS) is 18.5. The number of nitrogens with zero attached hydrogens (tertiary/aromatic N) is 1. The van der Waals surface area contributed by atoms with Crippen LogP contribution in [-0.2, 0) is 0 Å². The maximum atomic E-state index is 9.78. The van der Waals surface area contributed by atoms with Gasteiger partial charge in [0.2, 0.25) is 0 Å². The minimum Gasteiger partial charge on any atom is -0.455 e. The number of furan rings is 1. The van der Waals surface area contributed by atoms with E-state index in [9.17, 15) is 11.0 Å². The van der Waals surface area contributed by atoms with Gasteiger partial charge in [-0.15, -0.1) is 11.3 Å². The summed E-state index contributed by atoms with van der Waals surface area (Å²) in [6.45, 7) is 0. The average Bonchev–Trinajstić information content (AvgIpc) is 3.96. The Bertz CT molecular complexity index is 4180. The summed E-state index contributed by atoms with van der Waals surface area (Å²) in [6.07, 6.45) is 0. The Labute approximate surface area is 321 Å². The standard InChI is InChI=1S/C46H29NOS/c1-2-11-30(12-3-1)33-14-8-15-35(29-33)47(41-20-10-21-42-44(41)40-28-25-31-13-4-5-16-36(31)45(40)48-42)34-26-23-32(24-27-34)37-18-9-19-39-38-17-6-7-22-43(38)49-46(37)39/h1-29H/i4D,5D,6D,7D,8D,9D,10D,13D,14D,15D,16D,17D,18D,19D,20D,21D,22D,23D,24D,25D,26D,27D,28D,29D. The molecule has 10 aromatic rings. The van der Waals surface area contributed by atoms with Crippen LogP contribution in [0.5, 0.6) is 0 Å². The molecule has 2 heterocycles. The number of thiophene rings is 1. The molecule has 0 saturated carbocycles. The van der Waals surface area contributed by atoms with Crippen molar-refractivity contribution in [1.82, 2.24) is 0 Å². The van der Waals surface area contributed by atoms with Gasteiger partial charge in [0.05, 0.1) is 44.0 Å². The van der Waals surface area contributed by atoms with Gasteiger partial charge in [-0.3, -0.25) is 0 Å². The number of anilines is 3. The molecule has 230 valence electrons. The van der Waals surface area contributed by atoms with Crippen LogP contribution in [0.25, 0.3) is 75.1 Å². The number of hydrogen-bond acceptors (Lipinski definition) is 3. The number of fused-ring (bicyclic) bond motifs is 8. The van der Waals surface area contributed by atoms with Crippen LogP contribution in [0.1, 0.15) is 32.9 Å². The van der Waals surface area contributed by atoms with Gasteiger partial charge in [-0.1, -0.05) is 127 Å². The summed E-state index contributed by atoms with van der Waals surface area (Å²) in [6, 6.07) is -11.6. The van der Waals surface area contributed by atoms with Gasteiger partial charge in [0.1, 0.15) is 11.2 Å². The molecule has 0 aliphatic rings. The lowest BCUT2D eigenvalue weighted by Gasteiger charge is -2.27. The third-order valence-corrected chi connectivity index (χ3v) is 8.99. The minimum absolute atomic E-state index is 0.0978. The summed E-state index contributed by atoms with van der Waals surface area (Å²) >= 11 is 0.662. The molecule has 0 fully saturated rings. The predicted octanol–water partition coefficient (Wildman–Crippen LogP) is 13.9. The van der Waals surface area contributed by atoms with E-state index in [-0.39, 0.29) is 31.3 Å². The fourth-order valence-corrected chi connectivity index (χ4v) is 6.77. The van der Waals surface area contributed by atoms with E-state index in [4.69, 9.17) is 26.3 Å². The molecule has 8 aromatic carbocycles. The lowest BCUT2D eigenvalue weighted by atomic mass is 10.0. The molecule has 0 amide bonds. The predicted molar refractivity (Wildman–Crippen MR) is 210 cm³/mol. The van der Waals surface area contributed by atoms with Gasteiger partial charge in [0, 0.05) is 42.3 Å². The van der Waals surface area contributed by atoms with Gasteiger partial charge in [0.25, 0.3) is 0 Å². The van der Waals surface area contributed by atoms with Crippen LogP contribution < -0.4 is 4.90 Å². The quantitative estimate of drug-likeness (QED) is 0.182. The van der Waals surface area contributed by atoms with Gasteiger partial charge in [-0.05, 0) is 76.0 Å². The van der Waals surface area contributed by atoms with Crippen molar-refractivity contribution in [2.24, 2.45) is 0 Å². The van der Waals surface area contributed by atoms with Crippen LogP contribution in [0.3, 0.4) is 0 Å². The molecular weight excluding hydrogens is 615 g/mol. The maximum absolute atomic E-state index is 9.78. The van der Waals surface area contributed by atoms with Crippen molar-refractivity contribution >= 4 is 81.3 Å². The molecule has 0 aliphatic carbocycles. The SMILES string of the molecule is [2H]c1c([2H])c(-c2ccccc2)c([2H])c(N(c2c([2H])c([2H])c(-c3c([2H])c([2H])c([2H])c4c3sc3c([2H])c([2H])c([2H])c([2H])c34)c([2H])c2[2H])c2c([2H])c([2H])c([2H])c3oc4c5c([2H])c([2H])c([2H])c([2H])c5c([2H])c([2H])c4c23)c1[2H]. The lowest BCUT2D eigenvalue weighted by molar-refractivity contribution is 0.672. The molecule has 0 saturated heterocycles. The second-order valence-electron chi connectivity index (χ2n) is 10.6. The average molecular weight is 668 g/mol. The lowest BCUT2D eigenvalue weighted by Crippen LogP contribution is -2.10. The third-order valence-electron chi connectivity index (χ3n) is 7.87. The van der Waals surface area contributed by atoms with Crippen LogP contribution in [0.4, 0.5) is 17.1 Å². The molecule has 0 radical (unpaired) electrons. The number of benzene rings is 8. The van der Waals surface area contributed by atoms with Crippen molar-refractivity contribution in [3.8, 4) is 22.3 Å². The van der Waals surface area contributed by atoms with Crippen LogP contribution >= 0.6 is 11.3 Å². The molecule has 0 unspecified atom stereocenters. The fraction of sp³-hybridized carbons (Fsp3) is 0. The van der Waals surface area contributed by atoms with Gasteiger partial charge in [-0.2, -0.15) is 0 Å². The molecule has 2 aromatic heterocycles. The zero-order valence-electron chi connectivity index (χ0n) is 48.7. The zero-order chi connectivity index (χ0) is 53.2. The van der Waals surface area contributed by atoms with Crippen molar-refractivity contribution in [2.45, 2.75) is 0 Å². The monoisotopic (exact) mass is 667 g/mol. The second-order valence-corrected chi connectivity index (χ2v) is 11.7. The minimum atomic E-state index is -1.06. The molecule has 2 nitrogen and oxygen atoms in total. The Kier molecular flexibility index (Phi) is 2.99. The largest absolute Gasteiger partial charge is 0.455 e. The first-order chi connectivity index (χ1) is 34.3. The summed E-state index contributed by atoms with van der Waals surface area (Å²) < 4.78 is 223. The Balaban J connectivity index is 1.43. The summed E-state index contributed by atoms with van der Waals surface area (Å²) in [5.41, 5.74) is -4.96. The van der Waals surface area contributed by atoms with E-state index in [1.165, 1.54) is 12.1 Å². The van der Waals surface area contributed by atoms with Crippen LogP contribution in [0.15, 0.2) is 180 Å². The molecular formula is C46H29NOS. The topological polar surface area (TPSA) is 16.4 Å². The highest BCUT2D eigenvalue weighted by Gasteiger charge is 2.21. The van der Waals surface area contributed by atoms with E-state index < -0.39 is 206 Å². The van der Waals surface area contributed by atoms with Gasteiger partial charge in [-0.25, -0.2) is 0 Å². The highest BCUT2D eigenvalue weighted by Crippen LogP contribution is 2.46. The second kappa shape index (κ2) is 11.2. The van der Waals surface area contributed by atoms with Crippen LogP contribution in [0.2, 0.25) is 0 Å². The smallest absolute Gasteiger partial charge is 0.143 e. The summed E-state index contributed by atoms with van der Waals surface area (Å²) in [5.74, 6) is 0. The van der Waals surface area contributed by atoms with E-state index >= 15 is 0 Å². The zero-order valence-corrected chi connectivity index (χ0v) is 25.5. The van der Waals surface area contributed by atoms with E-state index in [2.05, 4.69) is 0 Å². The maximum Gasteiger partial charge on any atom is 0.143 e.